The lowest BCUT2D eigenvalue weighted by molar-refractivity contribution is 0.589. The fraction of sp³-hybridized carbons (Fsp3) is 0.571. The van der Waals surface area contributed by atoms with Gasteiger partial charge in [0.25, 0.3) is 0 Å². The van der Waals surface area contributed by atoms with Crippen LogP contribution in [0.4, 0.5) is 5.69 Å². The molecule has 0 aliphatic carbocycles. The lowest BCUT2D eigenvalue weighted by Crippen LogP contribution is -2.43. The minimum absolute atomic E-state index is 0.590. The molecule has 0 amide bonds. The summed E-state index contributed by atoms with van der Waals surface area (Å²) in [6, 6.07) is 9.73. The standard InChI is InChI=1S/C14H21N3/c1-2-14(16-7-1)12-3-5-13(6-4-12)17-10-8-15-9-11-17/h3-6,14-16H,1-2,7-11H2/t14-/m1/s1. The Balaban J connectivity index is 1.70. The summed E-state index contributed by atoms with van der Waals surface area (Å²) in [4.78, 5) is 2.46. The summed E-state index contributed by atoms with van der Waals surface area (Å²) in [6.07, 6.45) is 2.59. The summed E-state index contributed by atoms with van der Waals surface area (Å²) >= 11 is 0. The van der Waals surface area contributed by atoms with Gasteiger partial charge in [-0.3, -0.25) is 0 Å². The largest absolute Gasteiger partial charge is 0.369 e. The van der Waals surface area contributed by atoms with Crippen LogP contribution in [0.15, 0.2) is 24.3 Å². The minimum atomic E-state index is 0.590. The van der Waals surface area contributed by atoms with Gasteiger partial charge in [-0.25, -0.2) is 0 Å². The maximum atomic E-state index is 3.55. The van der Waals surface area contributed by atoms with Gasteiger partial charge in [0, 0.05) is 37.9 Å². The van der Waals surface area contributed by atoms with Gasteiger partial charge in [0.2, 0.25) is 0 Å². The molecule has 3 rings (SSSR count). The van der Waals surface area contributed by atoms with E-state index >= 15 is 0 Å². The van der Waals surface area contributed by atoms with Gasteiger partial charge in [-0.05, 0) is 37.1 Å². The molecule has 2 saturated heterocycles. The number of anilines is 1. The molecule has 3 heteroatoms. The number of piperazine rings is 1. The van der Waals surface area contributed by atoms with Crippen molar-refractivity contribution >= 4 is 5.69 Å². The Bertz CT molecular complexity index is 348. The minimum Gasteiger partial charge on any atom is -0.369 e. The summed E-state index contributed by atoms with van der Waals surface area (Å²) in [7, 11) is 0. The first-order valence-corrected chi connectivity index (χ1v) is 6.72. The lowest BCUT2D eigenvalue weighted by Gasteiger charge is -2.29. The van der Waals surface area contributed by atoms with Crippen LogP contribution in [-0.4, -0.2) is 32.7 Å². The zero-order chi connectivity index (χ0) is 11.5. The Morgan fingerprint density at radius 2 is 1.76 bits per heavy atom. The van der Waals surface area contributed by atoms with Gasteiger partial charge < -0.3 is 15.5 Å². The highest BCUT2D eigenvalue weighted by Crippen LogP contribution is 2.25. The molecule has 0 saturated carbocycles. The summed E-state index contributed by atoms with van der Waals surface area (Å²) in [5, 5.41) is 6.94. The second-order valence-electron chi connectivity index (χ2n) is 4.98. The lowest BCUT2D eigenvalue weighted by atomic mass is 10.0. The zero-order valence-electron chi connectivity index (χ0n) is 10.3. The molecule has 0 aromatic heterocycles. The molecule has 2 aliphatic rings. The molecule has 3 nitrogen and oxygen atoms in total. The monoisotopic (exact) mass is 231 g/mol. The zero-order valence-corrected chi connectivity index (χ0v) is 10.3. The van der Waals surface area contributed by atoms with Crippen LogP contribution in [0.5, 0.6) is 0 Å². The van der Waals surface area contributed by atoms with E-state index in [-0.39, 0.29) is 0 Å². The van der Waals surface area contributed by atoms with Crippen LogP contribution in [0.2, 0.25) is 0 Å². The van der Waals surface area contributed by atoms with Gasteiger partial charge in [0.15, 0.2) is 0 Å². The highest BCUT2D eigenvalue weighted by molar-refractivity contribution is 5.48. The van der Waals surface area contributed by atoms with E-state index in [2.05, 4.69) is 39.8 Å². The van der Waals surface area contributed by atoms with Crippen molar-refractivity contribution in [3.05, 3.63) is 29.8 Å². The van der Waals surface area contributed by atoms with Gasteiger partial charge >= 0.3 is 0 Å². The summed E-state index contributed by atoms with van der Waals surface area (Å²) in [5.74, 6) is 0. The molecule has 0 spiro atoms. The fourth-order valence-corrected chi connectivity index (χ4v) is 2.81. The van der Waals surface area contributed by atoms with Crippen molar-refractivity contribution < 1.29 is 0 Å². The van der Waals surface area contributed by atoms with Crippen LogP contribution in [0.25, 0.3) is 0 Å². The van der Waals surface area contributed by atoms with Crippen LogP contribution in [0.1, 0.15) is 24.4 Å². The Morgan fingerprint density at radius 3 is 2.41 bits per heavy atom. The predicted molar refractivity (Wildman–Crippen MR) is 71.5 cm³/mol. The average molecular weight is 231 g/mol. The molecule has 1 aromatic rings. The van der Waals surface area contributed by atoms with E-state index in [1.54, 1.807) is 0 Å². The third kappa shape index (κ3) is 2.45. The quantitative estimate of drug-likeness (QED) is 0.808. The van der Waals surface area contributed by atoms with Crippen LogP contribution < -0.4 is 15.5 Å². The molecule has 0 radical (unpaired) electrons. The van der Waals surface area contributed by atoms with E-state index in [1.807, 2.05) is 0 Å². The summed E-state index contributed by atoms with van der Waals surface area (Å²) < 4.78 is 0. The normalized spacial score (nSPS) is 25.2. The number of hydrogen-bond donors (Lipinski definition) is 2. The second kappa shape index (κ2) is 5.07. The van der Waals surface area contributed by atoms with E-state index in [4.69, 9.17) is 0 Å². The van der Waals surface area contributed by atoms with E-state index in [1.165, 1.54) is 30.6 Å². The number of nitrogens with zero attached hydrogens (tertiary/aromatic N) is 1. The maximum absolute atomic E-state index is 3.55. The number of nitrogens with one attached hydrogen (secondary N) is 2. The summed E-state index contributed by atoms with van der Waals surface area (Å²) in [5.41, 5.74) is 2.81. The van der Waals surface area contributed by atoms with Gasteiger partial charge in [0.1, 0.15) is 0 Å². The molecule has 0 bridgehead atoms. The first-order valence-electron chi connectivity index (χ1n) is 6.72. The summed E-state index contributed by atoms with van der Waals surface area (Å²) in [6.45, 7) is 5.63. The Labute approximate surface area is 103 Å². The molecule has 2 aliphatic heterocycles. The molecule has 92 valence electrons. The van der Waals surface area contributed by atoms with Crippen LogP contribution in [-0.2, 0) is 0 Å². The SMILES string of the molecule is c1cc(N2CCNCC2)ccc1[C@H]1CCCN1. The molecule has 2 N–H and O–H groups in total. The fourth-order valence-electron chi connectivity index (χ4n) is 2.81. The first kappa shape index (κ1) is 11.1. The van der Waals surface area contributed by atoms with E-state index in [0.29, 0.717) is 6.04 Å². The second-order valence-corrected chi connectivity index (χ2v) is 4.98. The number of rotatable bonds is 2. The van der Waals surface area contributed by atoms with E-state index in [9.17, 15) is 0 Å². The van der Waals surface area contributed by atoms with Crippen LogP contribution in [0.3, 0.4) is 0 Å². The van der Waals surface area contributed by atoms with Gasteiger partial charge in [0.05, 0.1) is 0 Å². The molecule has 1 aromatic carbocycles. The van der Waals surface area contributed by atoms with Crippen molar-refractivity contribution in [3.63, 3.8) is 0 Å². The molecule has 2 fully saturated rings. The van der Waals surface area contributed by atoms with Crippen molar-refractivity contribution in [3.8, 4) is 0 Å². The number of hydrogen-bond acceptors (Lipinski definition) is 3. The Hall–Kier alpha value is -1.06. The van der Waals surface area contributed by atoms with Gasteiger partial charge in [-0.2, -0.15) is 0 Å². The molecular formula is C14H21N3. The Kier molecular flexibility index (Phi) is 3.29. The van der Waals surface area contributed by atoms with Crippen molar-refractivity contribution in [2.75, 3.05) is 37.6 Å². The van der Waals surface area contributed by atoms with Crippen molar-refractivity contribution in [1.82, 2.24) is 10.6 Å². The highest BCUT2D eigenvalue weighted by atomic mass is 15.2. The van der Waals surface area contributed by atoms with Crippen LogP contribution >= 0.6 is 0 Å². The first-order chi connectivity index (χ1) is 8.43. The van der Waals surface area contributed by atoms with Gasteiger partial charge in [-0.1, -0.05) is 12.1 Å². The smallest absolute Gasteiger partial charge is 0.0367 e. The van der Waals surface area contributed by atoms with E-state index in [0.717, 1.165) is 26.2 Å². The molecular weight excluding hydrogens is 210 g/mol. The maximum Gasteiger partial charge on any atom is 0.0367 e. The number of benzene rings is 1. The molecule has 2 heterocycles. The topological polar surface area (TPSA) is 27.3 Å². The average Bonchev–Trinajstić information content (AvgIpc) is 2.94. The molecule has 0 unspecified atom stereocenters. The third-order valence-electron chi connectivity index (χ3n) is 3.84. The van der Waals surface area contributed by atoms with Crippen molar-refractivity contribution in [2.45, 2.75) is 18.9 Å². The van der Waals surface area contributed by atoms with E-state index < -0.39 is 0 Å². The van der Waals surface area contributed by atoms with Gasteiger partial charge in [-0.15, -0.1) is 0 Å². The third-order valence-corrected chi connectivity index (χ3v) is 3.84. The Morgan fingerprint density at radius 1 is 1.00 bits per heavy atom. The highest BCUT2D eigenvalue weighted by Gasteiger charge is 2.16. The predicted octanol–water partition coefficient (Wildman–Crippen LogP) is 1.52. The van der Waals surface area contributed by atoms with Crippen LogP contribution in [0, 0.1) is 0 Å². The van der Waals surface area contributed by atoms with Crippen molar-refractivity contribution in [1.29, 1.82) is 0 Å². The molecule has 17 heavy (non-hydrogen) atoms. The molecule has 1 atom stereocenters. The van der Waals surface area contributed by atoms with Crippen molar-refractivity contribution in [2.24, 2.45) is 0 Å².